The molecule has 0 fully saturated rings. The summed E-state index contributed by atoms with van der Waals surface area (Å²) in [6.45, 7) is 0. The second-order valence-electron chi connectivity index (χ2n) is 7.65. The minimum Gasteiger partial charge on any atom is -0.422 e. The largest absolute Gasteiger partial charge is 0.422 e. The van der Waals surface area contributed by atoms with Crippen LogP contribution in [0.4, 0.5) is 11.4 Å². The minimum atomic E-state index is -0.695. The molecule has 0 aliphatic carbocycles. The van der Waals surface area contributed by atoms with Crippen molar-refractivity contribution in [2.24, 2.45) is 0 Å². The number of nitriles is 1. The Balaban J connectivity index is 1.52. The van der Waals surface area contributed by atoms with Crippen LogP contribution in [0.5, 0.6) is 5.75 Å². The molecular weight excluding hydrogens is 606 g/mol. The van der Waals surface area contributed by atoms with Gasteiger partial charge < -0.3 is 10.1 Å². The van der Waals surface area contributed by atoms with E-state index in [4.69, 9.17) is 4.74 Å². The Bertz CT molecular complexity index is 1640. The number of esters is 1. The van der Waals surface area contributed by atoms with Crippen LogP contribution < -0.4 is 10.1 Å². The normalized spacial score (nSPS) is 11.0. The summed E-state index contributed by atoms with van der Waals surface area (Å²) in [6, 6.07) is 23.3. The number of benzene rings is 4. The Morgan fingerprint density at radius 3 is 2.43 bits per heavy atom. The van der Waals surface area contributed by atoms with Crippen LogP contribution in [0.25, 0.3) is 16.8 Å². The second kappa shape index (κ2) is 11.2. The summed E-state index contributed by atoms with van der Waals surface area (Å²) in [5.74, 6) is -0.945. The molecule has 0 saturated carbocycles. The molecule has 0 atom stereocenters. The smallest absolute Gasteiger partial charge is 0.344 e. The number of halogens is 2. The van der Waals surface area contributed by atoms with Crippen molar-refractivity contribution in [2.75, 3.05) is 5.32 Å². The van der Waals surface area contributed by atoms with Gasteiger partial charge in [-0.2, -0.15) is 5.26 Å². The zero-order valence-corrected chi connectivity index (χ0v) is 21.9. The summed E-state index contributed by atoms with van der Waals surface area (Å²) in [4.78, 5) is 35.8. The number of carbonyl (C=O) groups is 2. The predicted octanol–water partition coefficient (Wildman–Crippen LogP) is 7.04. The third kappa shape index (κ3) is 5.91. The summed E-state index contributed by atoms with van der Waals surface area (Å²) in [6.07, 6.45) is 1.37. The van der Waals surface area contributed by atoms with E-state index in [0.29, 0.717) is 20.1 Å². The molecule has 4 rings (SSSR count). The lowest BCUT2D eigenvalue weighted by Gasteiger charge is -2.10. The van der Waals surface area contributed by atoms with Gasteiger partial charge in [0.2, 0.25) is 0 Å². The molecule has 182 valence electrons. The van der Waals surface area contributed by atoms with Gasteiger partial charge >= 0.3 is 5.97 Å². The summed E-state index contributed by atoms with van der Waals surface area (Å²) >= 11 is 6.56. The third-order valence-electron chi connectivity index (χ3n) is 5.26. The van der Waals surface area contributed by atoms with Crippen LogP contribution >= 0.6 is 31.9 Å². The van der Waals surface area contributed by atoms with Crippen molar-refractivity contribution in [2.45, 2.75) is 0 Å². The number of rotatable bonds is 6. The number of nitrogens with one attached hydrogen (secondary N) is 1. The fourth-order valence-corrected chi connectivity index (χ4v) is 4.42. The molecule has 0 heterocycles. The topological polar surface area (TPSA) is 122 Å². The molecule has 0 saturated heterocycles. The second-order valence-corrected chi connectivity index (χ2v) is 9.36. The standard InChI is InChI=1S/C27H15Br2N3O5/c28-22-14-19(32(35)36)9-10-24(22)31-26(33)18(15-30)12-16-8-11-25(23(29)13-16)37-27(34)21-7-3-5-17-4-1-2-6-20(17)21/h1-14H,(H,31,33)/b18-12-. The molecule has 0 radical (unpaired) electrons. The lowest BCUT2D eigenvalue weighted by molar-refractivity contribution is -0.384. The van der Waals surface area contributed by atoms with Crippen LogP contribution in [0.2, 0.25) is 0 Å². The SMILES string of the molecule is N#C/C(=C/c1ccc(OC(=O)c2cccc3ccccc23)c(Br)c1)C(=O)Nc1ccc([N+](=O)[O-])cc1Br. The summed E-state index contributed by atoms with van der Waals surface area (Å²) in [5.41, 5.74) is 0.861. The van der Waals surface area contributed by atoms with Crippen LogP contribution in [-0.2, 0) is 4.79 Å². The van der Waals surface area contributed by atoms with Gasteiger partial charge in [-0.15, -0.1) is 0 Å². The zero-order chi connectivity index (χ0) is 26.5. The number of hydrogen-bond acceptors (Lipinski definition) is 6. The van der Waals surface area contributed by atoms with Crippen molar-refractivity contribution in [3.05, 3.63) is 115 Å². The monoisotopic (exact) mass is 619 g/mol. The van der Waals surface area contributed by atoms with Crippen molar-refractivity contribution in [1.82, 2.24) is 0 Å². The van der Waals surface area contributed by atoms with E-state index in [-0.39, 0.29) is 22.7 Å². The van der Waals surface area contributed by atoms with Gasteiger partial charge in [-0.1, -0.05) is 42.5 Å². The first-order chi connectivity index (χ1) is 17.8. The van der Waals surface area contributed by atoms with Gasteiger partial charge in [0.25, 0.3) is 11.6 Å². The van der Waals surface area contributed by atoms with E-state index in [2.05, 4.69) is 37.2 Å². The first-order valence-electron chi connectivity index (χ1n) is 10.6. The lowest BCUT2D eigenvalue weighted by atomic mass is 10.0. The lowest BCUT2D eigenvalue weighted by Crippen LogP contribution is -2.14. The fourth-order valence-electron chi connectivity index (χ4n) is 3.47. The van der Waals surface area contributed by atoms with Crippen LogP contribution in [-0.4, -0.2) is 16.8 Å². The van der Waals surface area contributed by atoms with E-state index in [1.165, 1.54) is 24.3 Å². The van der Waals surface area contributed by atoms with E-state index in [1.807, 2.05) is 36.4 Å². The highest BCUT2D eigenvalue weighted by molar-refractivity contribution is 9.11. The van der Waals surface area contributed by atoms with Crippen molar-refractivity contribution in [1.29, 1.82) is 5.26 Å². The average Bonchev–Trinajstić information content (AvgIpc) is 2.89. The number of ether oxygens (including phenoxy) is 1. The van der Waals surface area contributed by atoms with Crippen LogP contribution in [0.1, 0.15) is 15.9 Å². The molecule has 10 heteroatoms. The van der Waals surface area contributed by atoms with Gasteiger partial charge in [-0.25, -0.2) is 4.79 Å². The fraction of sp³-hybridized carbons (Fsp3) is 0. The van der Waals surface area contributed by atoms with Crippen LogP contribution in [0, 0.1) is 21.4 Å². The van der Waals surface area contributed by atoms with Gasteiger partial charge in [-0.05, 0) is 78.5 Å². The van der Waals surface area contributed by atoms with E-state index >= 15 is 0 Å². The Morgan fingerprint density at radius 2 is 1.73 bits per heavy atom. The number of amides is 1. The van der Waals surface area contributed by atoms with E-state index in [1.54, 1.807) is 30.3 Å². The molecule has 0 aliphatic heterocycles. The summed E-state index contributed by atoms with van der Waals surface area (Å²) in [7, 11) is 0. The molecule has 4 aromatic rings. The summed E-state index contributed by atoms with van der Waals surface area (Å²) < 4.78 is 6.34. The van der Waals surface area contributed by atoms with Crippen LogP contribution in [0.3, 0.4) is 0 Å². The zero-order valence-electron chi connectivity index (χ0n) is 18.8. The molecule has 37 heavy (non-hydrogen) atoms. The van der Waals surface area contributed by atoms with Gasteiger partial charge in [0.1, 0.15) is 17.4 Å². The molecule has 0 spiro atoms. The number of hydrogen-bond donors (Lipinski definition) is 1. The number of nitrogens with zero attached hydrogens (tertiary/aromatic N) is 2. The maximum Gasteiger partial charge on any atom is 0.344 e. The number of nitro groups is 1. The maximum atomic E-state index is 12.8. The predicted molar refractivity (Wildman–Crippen MR) is 146 cm³/mol. The van der Waals surface area contributed by atoms with Gasteiger partial charge in [0.05, 0.1) is 20.6 Å². The summed E-state index contributed by atoms with van der Waals surface area (Å²) in [5, 5.41) is 24.7. The first kappa shape index (κ1) is 25.8. The Kier molecular flexibility index (Phi) is 7.77. The van der Waals surface area contributed by atoms with E-state index < -0.39 is 16.8 Å². The van der Waals surface area contributed by atoms with Crippen molar-refractivity contribution in [3.63, 3.8) is 0 Å². The first-order valence-corrected chi connectivity index (χ1v) is 12.2. The van der Waals surface area contributed by atoms with Crippen molar-refractivity contribution in [3.8, 4) is 11.8 Å². The number of fused-ring (bicyclic) bond motifs is 1. The molecule has 1 amide bonds. The van der Waals surface area contributed by atoms with Crippen LogP contribution in [0.15, 0.2) is 93.4 Å². The Morgan fingerprint density at radius 1 is 0.973 bits per heavy atom. The van der Waals surface area contributed by atoms with Gasteiger partial charge in [-0.3, -0.25) is 14.9 Å². The molecule has 0 bridgehead atoms. The minimum absolute atomic E-state index is 0.146. The molecule has 0 unspecified atom stereocenters. The molecule has 1 N–H and O–H groups in total. The van der Waals surface area contributed by atoms with Gasteiger partial charge in [0.15, 0.2) is 0 Å². The third-order valence-corrected chi connectivity index (χ3v) is 6.53. The number of non-ortho nitro benzene ring substituents is 1. The van der Waals surface area contributed by atoms with Crippen molar-refractivity contribution >= 4 is 72.0 Å². The molecule has 4 aromatic carbocycles. The highest BCUT2D eigenvalue weighted by Crippen LogP contribution is 2.30. The highest BCUT2D eigenvalue weighted by Gasteiger charge is 2.16. The number of carbonyl (C=O) groups excluding carboxylic acids is 2. The Hall–Kier alpha value is -4.33. The quantitative estimate of drug-likeness (QED) is 0.0616. The van der Waals surface area contributed by atoms with E-state index in [9.17, 15) is 25.0 Å². The number of nitro benzene ring substituents is 1. The molecule has 0 aromatic heterocycles. The Labute approximate surface area is 227 Å². The average molecular weight is 621 g/mol. The molecular formula is C27H15Br2N3O5. The van der Waals surface area contributed by atoms with Crippen molar-refractivity contribution < 1.29 is 19.2 Å². The molecule has 8 nitrogen and oxygen atoms in total. The highest BCUT2D eigenvalue weighted by atomic mass is 79.9. The maximum absolute atomic E-state index is 12.8. The van der Waals surface area contributed by atoms with Gasteiger partial charge in [0, 0.05) is 16.6 Å². The van der Waals surface area contributed by atoms with E-state index in [0.717, 1.165) is 10.8 Å². The molecule has 0 aliphatic rings. The number of anilines is 1.